The van der Waals surface area contributed by atoms with Crippen molar-refractivity contribution < 1.29 is 17.9 Å². The first-order valence-corrected chi connectivity index (χ1v) is 9.35. The van der Waals surface area contributed by atoms with Crippen molar-refractivity contribution in [2.24, 2.45) is 11.7 Å². The van der Waals surface area contributed by atoms with Crippen LogP contribution in [0.2, 0.25) is 0 Å². The molecule has 0 saturated carbocycles. The van der Waals surface area contributed by atoms with Crippen LogP contribution in [0.1, 0.15) is 35.7 Å². The van der Waals surface area contributed by atoms with Crippen LogP contribution in [0.3, 0.4) is 0 Å². The molecule has 0 aliphatic carbocycles. The first-order chi connectivity index (χ1) is 10.8. The van der Waals surface area contributed by atoms with E-state index in [4.69, 9.17) is 5.73 Å². The molecule has 2 N–H and O–H groups in total. The van der Waals surface area contributed by atoms with Gasteiger partial charge < -0.3 is 10.5 Å². The maximum Gasteiger partial charge on any atom is 0.337 e. The van der Waals surface area contributed by atoms with E-state index in [-0.39, 0.29) is 17.7 Å². The molecule has 2 rings (SSSR count). The molecule has 1 aliphatic rings. The number of hydrogen-bond acceptors (Lipinski definition) is 5. The third kappa shape index (κ3) is 4.53. The van der Waals surface area contributed by atoms with E-state index in [0.717, 1.165) is 12.8 Å². The Morgan fingerprint density at radius 2 is 2.22 bits per heavy atom. The highest BCUT2D eigenvalue weighted by Gasteiger charge is 2.30. The van der Waals surface area contributed by atoms with Gasteiger partial charge in [0.25, 0.3) is 0 Å². The van der Waals surface area contributed by atoms with Gasteiger partial charge >= 0.3 is 5.97 Å². The molecule has 7 heteroatoms. The van der Waals surface area contributed by atoms with Gasteiger partial charge in [0.05, 0.1) is 18.4 Å². The molecule has 1 saturated heterocycles. The minimum absolute atomic E-state index is 0.0179. The van der Waals surface area contributed by atoms with Crippen LogP contribution in [0.5, 0.6) is 0 Å². The van der Waals surface area contributed by atoms with E-state index >= 15 is 0 Å². The lowest BCUT2D eigenvalue weighted by Gasteiger charge is -2.33. The van der Waals surface area contributed by atoms with Gasteiger partial charge in [0.15, 0.2) is 0 Å². The summed E-state index contributed by atoms with van der Waals surface area (Å²) in [5.41, 5.74) is 6.85. The lowest BCUT2D eigenvalue weighted by atomic mass is 9.93. The first kappa shape index (κ1) is 17.9. The van der Waals surface area contributed by atoms with Gasteiger partial charge in [-0.25, -0.2) is 17.5 Å². The molecule has 1 aromatic carbocycles. The number of benzene rings is 1. The number of carbonyl (C=O) groups is 1. The van der Waals surface area contributed by atoms with Crippen LogP contribution < -0.4 is 5.73 Å². The van der Waals surface area contributed by atoms with E-state index in [0.29, 0.717) is 24.2 Å². The van der Waals surface area contributed by atoms with E-state index in [2.05, 4.69) is 4.74 Å². The second kappa shape index (κ2) is 7.42. The number of nitrogens with two attached hydrogens (primary N) is 1. The van der Waals surface area contributed by atoms with Crippen molar-refractivity contribution in [2.45, 2.75) is 31.6 Å². The number of piperidine rings is 1. The van der Waals surface area contributed by atoms with E-state index in [1.807, 2.05) is 6.92 Å². The first-order valence-electron chi connectivity index (χ1n) is 7.74. The molecule has 0 amide bonds. The topological polar surface area (TPSA) is 89.7 Å². The number of ether oxygens (including phenoxy) is 1. The highest BCUT2D eigenvalue weighted by atomic mass is 32.2. The van der Waals surface area contributed by atoms with Gasteiger partial charge in [-0.05, 0) is 43.4 Å². The van der Waals surface area contributed by atoms with E-state index in [1.54, 1.807) is 24.3 Å². The fourth-order valence-electron chi connectivity index (χ4n) is 2.86. The molecule has 6 nitrogen and oxygen atoms in total. The summed E-state index contributed by atoms with van der Waals surface area (Å²) in [7, 11) is -2.13. The fraction of sp³-hybridized carbons (Fsp3) is 0.562. The van der Waals surface area contributed by atoms with Crippen LogP contribution in [0, 0.1) is 5.92 Å². The molecular weight excluding hydrogens is 316 g/mol. The average Bonchev–Trinajstić information content (AvgIpc) is 2.54. The Hall–Kier alpha value is -1.44. The SMILES string of the molecule is COC(=O)c1cccc(CS(=O)(=O)N2CCCC(C(C)N)C2)c1. The lowest BCUT2D eigenvalue weighted by Crippen LogP contribution is -2.45. The largest absolute Gasteiger partial charge is 0.465 e. The summed E-state index contributed by atoms with van der Waals surface area (Å²) in [5, 5.41) is 0. The minimum atomic E-state index is -3.43. The van der Waals surface area contributed by atoms with Crippen molar-refractivity contribution in [3.8, 4) is 0 Å². The predicted molar refractivity (Wildman–Crippen MR) is 88.4 cm³/mol. The Labute approximate surface area is 137 Å². The zero-order valence-electron chi connectivity index (χ0n) is 13.6. The second-order valence-corrected chi connectivity index (χ2v) is 8.04. The zero-order chi connectivity index (χ0) is 17.0. The smallest absolute Gasteiger partial charge is 0.337 e. The Morgan fingerprint density at radius 3 is 2.87 bits per heavy atom. The van der Waals surface area contributed by atoms with Gasteiger partial charge in [-0.15, -0.1) is 0 Å². The Kier molecular flexibility index (Phi) is 5.78. The van der Waals surface area contributed by atoms with E-state index < -0.39 is 16.0 Å². The molecule has 128 valence electrons. The number of carbonyl (C=O) groups excluding carboxylic acids is 1. The molecule has 0 bridgehead atoms. The normalized spacial score (nSPS) is 20.9. The van der Waals surface area contributed by atoms with E-state index in [1.165, 1.54) is 11.4 Å². The summed E-state index contributed by atoms with van der Waals surface area (Å²) in [6, 6.07) is 6.52. The molecule has 0 spiro atoms. The monoisotopic (exact) mass is 340 g/mol. The molecule has 0 aromatic heterocycles. The quantitative estimate of drug-likeness (QED) is 0.818. The summed E-state index contributed by atoms with van der Waals surface area (Å²) < 4.78 is 31.5. The van der Waals surface area contributed by atoms with Crippen molar-refractivity contribution >= 4 is 16.0 Å². The van der Waals surface area contributed by atoms with Crippen LogP contribution in [-0.4, -0.2) is 44.9 Å². The number of esters is 1. The fourth-order valence-corrected chi connectivity index (χ4v) is 4.47. The van der Waals surface area contributed by atoms with Crippen LogP contribution in [0.25, 0.3) is 0 Å². The highest BCUT2D eigenvalue weighted by molar-refractivity contribution is 7.88. The van der Waals surface area contributed by atoms with Crippen LogP contribution in [-0.2, 0) is 20.5 Å². The van der Waals surface area contributed by atoms with Gasteiger partial charge in [-0.2, -0.15) is 0 Å². The predicted octanol–water partition coefficient (Wildman–Crippen LogP) is 1.36. The van der Waals surface area contributed by atoms with Gasteiger partial charge in [0.2, 0.25) is 10.0 Å². The number of nitrogens with zero attached hydrogens (tertiary/aromatic N) is 1. The Morgan fingerprint density at radius 1 is 1.48 bits per heavy atom. The second-order valence-electron chi connectivity index (χ2n) is 6.07. The molecule has 1 aromatic rings. The third-order valence-corrected chi connectivity index (χ3v) is 6.07. The molecule has 1 heterocycles. The van der Waals surface area contributed by atoms with Crippen LogP contribution >= 0.6 is 0 Å². The molecule has 23 heavy (non-hydrogen) atoms. The summed E-state index contributed by atoms with van der Waals surface area (Å²) in [4.78, 5) is 11.6. The van der Waals surface area contributed by atoms with Crippen molar-refractivity contribution in [2.75, 3.05) is 20.2 Å². The van der Waals surface area contributed by atoms with Crippen molar-refractivity contribution in [3.63, 3.8) is 0 Å². The van der Waals surface area contributed by atoms with Crippen LogP contribution in [0.15, 0.2) is 24.3 Å². The van der Waals surface area contributed by atoms with Crippen molar-refractivity contribution in [1.29, 1.82) is 0 Å². The molecule has 0 radical (unpaired) electrons. The molecular formula is C16H24N2O4S. The average molecular weight is 340 g/mol. The van der Waals surface area contributed by atoms with Crippen molar-refractivity contribution in [3.05, 3.63) is 35.4 Å². The van der Waals surface area contributed by atoms with Crippen LogP contribution in [0.4, 0.5) is 0 Å². The maximum absolute atomic E-state index is 12.6. The minimum Gasteiger partial charge on any atom is -0.465 e. The van der Waals surface area contributed by atoms with Gasteiger partial charge in [0, 0.05) is 19.1 Å². The standard InChI is InChI=1S/C16H24N2O4S/c1-12(17)15-7-4-8-18(10-15)23(20,21)11-13-5-3-6-14(9-13)16(19)22-2/h3,5-6,9,12,15H,4,7-8,10-11,17H2,1-2H3. The summed E-state index contributed by atoms with van der Waals surface area (Å²) in [5.74, 6) is -0.400. The molecule has 2 unspecified atom stereocenters. The van der Waals surface area contributed by atoms with Gasteiger partial charge in [-0.3, -0.25) is 0 Å². The Balaban J connectivity index is 2.13. The summed E-state index contributed by atoms with van der Waals surface area (Å²) in [6.07, 6.45) is 1.79. The van der Waals surface area contributed by atoms with E-state index in [9.17, 15) is 13.2 Å². The maximum atomic E-state index is 12.6. The molecule has 1 aliphatic heterocycles. The summed E-state index contributed by atoms with van der Waals surface area (Å²) in [6.45, 7) is 2.92. The highest BCUT2D eigenvalue weighted by Crippen LogP contribution is 2.23. The van der Waals surface area contributed by atoms with Gasteiger partial charge in [-0.1, -0.05) is 12.1 Å². The Bertz CT molecular complexity index is 658. The third-order valence-electron chi connectivity index (χ3n) is 4.25. The molecule has 1 fully saturated rings. The van der Waals surface area contributed by atoms with Crippen molar-refractivity contribution in [1.82, 2.24) is 4.31 Å². The van der Waals surface area contributed by atoms with Gasteiger partial charge in [0.1, 0.15) is 0 Å². The zero-order valence-corrected chi connectivity index (χ0v) is 14.4. The lowest BCUT2D eigenvalue weighted by molar-refractivity contribution is 0.0600. The number of hydrogen-bond donors (Lipinski definition) is 1. The number of sulfonamides is 1. The summed E-state index contributed by atoms with van der Waals surface area (Å²) >= 11 is 0. The number of methoxy groups -OCH3 is 1. The number of rotatable bonds is 5. The molecule has 2 atom stereocenters.